The number of aldehydes is 1. The van der Waals surface area contributed by atoms with Crippen molar-refractivity contribution in [2.45, 2.75) is 0 Å². The SMILES string of the molecule is O=CCOc1cccc(-c2ccsc2)c1. The van der Waals surface area contributed by atoms with Crippen molar-refractivity contribution in [3.8, 4) is 16.9 Å². The summed E-state index contributed by atoms with van der Waals surface area (Å²) in [6.45, 7) is 0.104. The molecular weight excluding hydrogens is 208 g/mol. The molecule has 0 N–H and O–H groups in total. The number of hydrogen-bond acceptors (Lipinski definition) is 3. The quantitative estimate of drug-likeness (QED) is 0.737. The van der Waals surface area contributed by atoms with Crippen LogP contribution in [0.15, 0.2) is 41.1 Å². The topological polar surface area (TPSA) is 26.3 Å². The first-order chi connectivity index (χ1) is 7.40. The minimum Gasteiger partial charge on any atom is -0.486 e. The maximum Gasteiger partial charge on any atom is 0.157 e. The molecule has 0 fully saturated rings. The van der Waals surface area contributed by atoms with E-state index in [2.05, 4.69) is 11.4 Å². The monoisotopic (exact) mass is 218 g/mol. The predicted molar refractivity (Wildman–Crippen MR) is 61.3 cm³/mol. The summed E-state index contributed by atoms with van der Waals surface area (Å²) >= 11 is 1.66. The normalized spacial score (nSPS) is 9.87. The number of ether oxygens (including phenoxy) is 1. The molecule has 0 aliphatic carbocycles. The van der Waals surface area contributed by atoms with Gasteiger partial charge in [-0.2, -0.15) is 11.3 Å². The van der Waals surface area contributed by atoms with Crippen LogP contribution < -0.4 is 4.74 Å². The van der Waals surface area contributed by atoms with Gasteiger partial charge in [0.15, 0.2) is 6.29 Å². The second-order valence-electron chi connectivity index (χ2n) is 3.02. The summed E-state index contributed by atoms with van der Waals surface area (Å²) in [6, 6.07) is 9.79. The molecule has 1 aromatic carbocycles. The fourth-order valence-electron chi connectivity index (χ4n) is 1.32. The van der Waals surface area contributed by atoms with Gasteiger partial charge in [0.25, 0.3) is 0 Å². The van der Waals surface area contributed by atoms with Gasteiger partial charge in [0, 0.05) is 0 Å². The van der Waals surface area contributed by atoms with Crippen molar-refractivity contribution in [1.82, 2.24) is 0 Å². The van der Waals surface area contributed by atoms with Crippen LogP contribution in [0.5, 0.6) is 5.75 Å². The molecule has 15 heavy (non-hydrogen) atoms. The van der Waals surface area contributed by atoms with E-state index >= 15 is 0 Å². The van der Waals surface area contributed by atoms with Crippen LogP contribution in [-0.2, 0) is 4.79 Å². The number of hydrogen-bond donors (Lipinski definition) is 0. The highest BCUT2D eigenvalue weighted by atomic mass is 32.1. The number of thiophene rings is 1. The molecule has 0 radical (unpaired) electrons. The van der Waals surface area contributed by atoms with Crippen molar-refractivity contribution in [3.05, 3.63) is 41.1 Å². The molecule has 2 nitrogen and oxygen atoms in total. The summed E-state index contributed by atoms with van der Waals surface area (Å²) in [6.07, 6.45) is 0.747. The molecular formula is C12H10O2S. The molecule has 2 rings (SSSR count). The minimum atomic E-state index is 0.104. The first-order valence-corrected chi connectivity index (χ1v) is 5.53. The molecule has 0 spiro atoms. The second-order valence-corrected chi connectivity index (χ2v) is 3.80. The average Bonchev–Trinajstić information content (AvgIpc) is 2.80. The van der Waals surface area contributed by atoms with Crippen molar-refractivity contribution >= 4 is 17.6 Å². The lowest BCUT2D eigenvalue weighted by molar-refractivity contribution is -0.109. The molecule has 0 bridgehead atoms. The van der Waals surface area contributed by atoms with Crippen LogP contribution in [0.25, 0.3) is 11.1 Å². The van der Waals surface area contributed by atoms with Crippen LogP contribution in [0.4, 0.5) is 0 Å². The summed E-state index contributed by atoms with van der Waals surface area (Å²) in [7, 11) is 0. The van der Waals surface area contributed by atoms with Gasteiger partial charge >= 0.3 is 0 Å². The molecule has 1 heterocycles. The lowest BCUT2D eigenvalue weighted by Gasteiger charge is -2.03. The zero-order valence-corrected chi connectivity index (χ0v) is 8.87. The number of carbonyl (C=O) groups is 1. The standard InChI is InChI=1S/C12H10O2S/c13-5-6-14-12-3-1-2-10(8-12)11-4-7-15-9-11/h1-5,7-9H,6H2. The second kappa shape index (κ2) is 4.75. The smallest absolute Gasteiger partial charge is 0.157 e. The highest BCUT2D eigenvalue weighted by molar-refractivity contribution is 7.08. The number of rotatable bonds is 4. The maximum atomic E-state index is 10.2. The molecule has 0 saturated carbocycles. The Morgan fingerprint density at radius 2 is 2.20 bits per heavy atom. The zero-order valence-electron chi connectivity index (χ0n) is 8.05. The molecule has 0 unspecified atom stereocenters. The summed E-state index contributed by atoms with van der Waals surface area (Å²) < 4.78 is 5.23. The van der Waals surface area contributed by atoms with E-state index < -0.39 is 0 Å². The van der Waals surface area contributed by atoms with Gasteiger partial charge in [0.1, 0.15) is 12.4 Å². The molecule has 0 amide bonds. The summed E-state index contributed by atoms with van der Waals surface area (Å²) in [5.74, 6) is 0.728. The zero-order chi connectivity index (χ0) is 10.5. The molecule has 0 atom stereocenters. The first-order valence-electron chi connectivity index (χ1n) is 4.59. The van der Waals surface area contributed by atoms with E-state index in [1.54, 1.807) is 11.3 Å². The third-order valence-electron chi connectivity index (χ3n) is 2.01. The Hall–Kier alpha value is -1.61. The van der Waals surface area contributed by atoms with E-state index in [-0.39, 0.29) is 6.61 Å². The van der Waals surface area contributed by atoms with Gasteiger partial charge in [-0.15, -0.1) is 0 Å². The van der Waals surface area contributed by atoms with Crippen molar-refractivity contribution in [1.29, 1.82) is 0 Å². The lowest BCUT2D eigenvalue weighted by Crippen LogP contribution is -1.97. The van der Waals surface area contributed by atoms with Crippen molar-refractivity contribution < 1.29 is 9.53 Å². The predicted octanol–water partition coefficient (Wildman–Crippen LogP) is 2.99. The highest BCUT2D eigenvalue weighted by Crippen LogP contribution is 2.25. The summed E-state index contributed by atoms with van der Waals surface area (Å²) in [5, 5.41) is 4.12. The maximum absolute atomic E-state index is 10.2. The van der Waals surface area contributed by atoms with Gasteiger partial charge in [-0.3, -0.25) is 4.79 Å². The Morgan fingerprint density at radius 3 is 2.93 bits per heavy atom. The minimum absolute atomic E-state index is 0.104. The van der Waals surface area contributed by atoms with Crippen LogP contribution in [0.2, 0.25) is 0 Å². The fourth-order valence-corrected chi connectivity index (χ4v) is 1.99. The van der Waals surface area contributed by atoms with Crippen LogP contribution in [0.1, 0.15) is 0 Å². The van der Waals surface area contributed by atoms with E-state index in [9.17, 15) is 4.79 Å². The molecule has 0 aliphatic heterocycles. The molecule has 76 valence electrons. The van der Waals surface area contributed by atoms with Gasteiger partial charge in [-0.05, 0) is 40.1 Å². The van der Waals surface area contributed by atoms with E-state index in [1.807, 2.05) is 29.6 Å². The fraction of sp³-hybridized carbons (Fsp3) is 0.0833. The van der Waals surface area contributed by atoms with Crippen molar-refractivity contribution in [2.24, 2.45) is 0 Å². The Balaban J connectivity index is 2.23. The van der Waals surface area contributed by atoms with E-state index in [0.29, 0.717) is 0 Å². The molecule has 0 saturated heterocycles. The first kappa shape index (κ1) is 9.93. The third kappa shape index (κ3) is 2.44. The van der Waals surface area contributed by atoms with Crippen molar-refractivity contribution in [2.75, 3.05) is 6.61 Å². The third-order valence-corrected chi connectivity index (χ3v) is 2.69. The van der Waals surface area contributed by atoms with E-state index in [0.717, 1.165) is 17.6 Å². The van der Waals surface area contributed by atoms with Crippen LogP contribution in [0, 0.1) is 0 Å². The van der Waals surface area contributed by atoms with E-state index in [4.69, 9.17) is 4.74 Å². The van der Waals surface area contributed by atoms with E-state index in [1.165, 1.54) is 5.56 Å². The van der Waals surface area contributed by atoms with Gasteiger partial charge in [0.05, 0.1) is 0 Å². The van der Waals surface area contributed by atoms with Gasteiger partial charge in [-0.25, -0.2) is 0 Å². The largest absolute Gasteiger partial charge is 0.486 e. The Labute approximate surface area is 92.1 Å². The summed E-state index contributed by atoms with van der Waals surface area (Å²) in [5.41, 5.74) is 2.29. The Bertz CT molecular complexity index is 435. The van der Waals surface area contributed by atoms with Crippen LogP contribution in [-0.4, -0.2) is 12.9 Å². The average molecular weight is 218 g/mol. The number of carbonyl (C=O) groups excluding carboxylic acids is 1. The Morgan fingerprint density at radius 1 is 1.27 bits per heavy atom. The number of benzene rings is 1. The van der Waals surface area contributed by atoms with Gasteiger partial charge in [-0.1, -0.05) is 12.1 Å². The lowest BCUT2D eigenvalue weighted by atomic mass is 10.1. The van der Waals surface area contributed by atoms with Gasteiger partial charge < -0.3 is 4.74 Å². The molecule has 0 aliphatic rings. The summed E-state index contributed by atoms with van der Waals surface area (Å²) in [4.78, 5) is 10.2. The Kier molecular flexibility index (Phi) is 3.15. The van der Waals surface area contributed by atoms with Gasteiger partial charge in [0.2, 0.25) is 0 Å². The molecule has 1 aromatic heterocycles. The van der Waals surface area contributed by atoms with Crippen LogP contribution >= 0.6 is 11.3 Å². The highest BCUT2D eigenvalue weighted by Gasteiger charge is 1.99. The molecule has 2 aromatic rings. The molecule has 3 heteroatoms. The van der Waals surface area contributed by atoms with Crippen molar-refractivity contribution in [3.63, 3.8) is 0 Å². The van der Waals surface area contributed by atoms with Crippen LogP contribution in [0.3, 0.4) is 0 Å².